The highest BCUT2D eigenvalue weighted by atomic mass is 35.5. The number of nitrogens with zero attached hydrogens (tertiary/aromatic N) is 3. The molecular formula is C21H20Cl2N4O3. The Morgan fingerprint density at radius 3 is 2.93 bits per heavy atom. The summed E-state index contributed by atoms with van der Waals surface area (Å²) >= 11 is 12.1. The number of anilines is 1. The third kappa shape index (κ3) is 4.52. The van der Waals surface area contributed by atoms with Gasteiger partial charge in [0.2, 0.25) is 11.7 Å². The number of rotatable bonds is 4. The van der Waals surface area contributed by atoms with E-state index in [4.69, 9.17) is 32.5 Å². The molecule has 7 nitrogen and oxygen atoms in total. The van der Waals surface area contributed by atoms with Gasteiger partial charge < -0.3 is 19.5 Å². The van der Waals surface area contributed by atoms with Crippen LogP contribution in [0.2, 0.25) is 10.0 Å². The van der Waals surface area contributed by atoms with E-state index in [2.05, 4.69) is 15.5 Å². The van der Waals surface area contributed by atoms with Crippen LogP contribution in [0, 0.1) is 0 Å². The van der Waals surface area contributed by atoms with Gasteiger partial charge in [0.1, 0.15) is 5.75 Å². The molecule has 1 aliphatic heterocycles. The maximum atomic E-state index is 12.7. The van der Waals surface area contributed by atoms with Crippen molar-refractivity contribution in [2.75, 3.05) is 25.5 Å². The molecule has 30 heavy (non-hydrogen) atoms. The van der Waals surface area contributed by atoms with Gasteiger partial charge >= 0.3 is 6.03 Å². The zero-order valence-corrected chi connectivity index (χ0v) is 17.8. The van der Waals surface area contributed by atoms with E-state index in [1.165, 1.54) is 0 Å². The second-order valence-corrected chi connectivity index (χ2v) is 7.87. The van der Waals surface area contributed by atoms with E-state index in [0.717, 1.165) is 24.2 Å². The summed E-state index contributed by atoms with van der Waals surface area (Å²) in [5.41, 5.74) is 1.33. The number of amides is 2. The van der Waals surface area contributed by atoms with Gasteiger partial charge in [0.25, 0.3) is 0 Å². The third-order valence-corrected chi connectivity index (χ3v) is 5.55. The van der Waals surface area contributed by atoms with E-state index in [0.29, 0.717) is 40.5 Å². The van der Waals surface area contributed by atoms with Crippen LogP contribution >= 0.6 is 23.2 Å². The quantitative estimate of drug-likeness (QED) is 0.574. The SMILES string of the molecule is COc1cccc(-c2noc(C3CCCN(C(=O)Nc4ccc(Cl)cc4Cl)C3)n2)c1. The first kappa shape index (κ1) is 20.5. The number of benzene rings is 2. The fourth-order valence-electron chi connectivity index (χ4n) is 3.43. The lowest BCUT2D eigenvalue weighted by Crippen LogP contribution is -2.41. The number of aromatic nitrogens is 2. The minimum atomic E-state index is -0.226. The van der Waals surface area contributed by atoms with Crippen molar-refractivity contribution in [1.29, 1.82) is 0 Å². The van der Waals surface area contributed by atoms with E-state index in [1.807, 2.05) is 24.3 Å². The smallest absolute Gasteiger partial charge is 0.321 e. The number of carbonyl (C=O) groups is 1. The van der Waals surface area contributed by atoms with Crippen LogP contribution in [0.3, 0.4) is 0 Å². The van der Waals surface area contributed by atoms with Crippen LogP contribution in [-0.2, 0) is 0 Å². The van der Waals surface area contributed by atoms with Gasteiger partial charge in [-0.05, 0) is 43.2 Å². The van der Waals surface area contributed by atoms with Crippen molar-refractivity contribution in [3.63, 3.8) is 0 Å². The van der Waals surface area contributed by atoms with Crippen LogP contribution in [0.15, 0.2) is 47.0 Å². The van der Waals surface area contributed by atoms with E-state index in [1.54, 1.807) is 30.2 Å². The summed E-state index contributed by atoms with van der Waals surface area (Å²) in [6.45, 7) is 1.13. The Balaban J connectivity index is 1.45. The fourth-order valence-corrected chi connectivity index (χ4v) is 3.88. The van der Waals surface area contributed by atoms with Gasteiger partial charge in [0, 0.05) is 23.7 Å². The normalized spacial score (nSPS) is 16.4. The van der Waals surface area contributed by atoms with Gasteiger partial charge in [-0.25, -0.2) is 4.79 Å². The lowest BCUT2D eigenvalue weighted by molar-refractivity contribution is 0.184. The standard InChI is InChI=1S/C21H20Cl2N4O3/c1-29-16-6-2-4-13(10-16)19-25-20(30-26-19)14-5-3-9-27(12-14)21(28)24-18-8-7-15(22)11-17(18)23/h2,4,6-8,10-11,14H,3,5,9,12H2,1H3,(H,24,28). The van der Waals surface area contributed by atoms with Crippen LogP contribution in [0.5, 0.6) is 5.75 Å². The minimum absolute atomic E-state index is 0.0305. The number of hydrogen-bond acceptors (Lipinski definition) is 5. The summed E-state index contributed by atoms with van der Waals surface area (Å²) < 4.78 is 10.8. The number of urea groups is 1. The molecule has 3 aromatic rings. The first-order valence-electron chi connectivity index (χ1n) is 9.52. The Labute approximate surface area is 183 Å². The van der Waals surface area contributed by atoms with Crippen molar-refractivity contribution in [3.05, 3.63) is 58.4 Å². The van der Waals surface area contributed by atoms with Crippen LogP contribution in [-0.4, -0.2) is 41.3 Å². The Morgan fingerprint density at radius 2 is 2.13 bits per heavy atom. The van der Waals surface area contributed by atoms with Gasteiger partial charge in [-0.2, -0.15) is 4.98 Å². The van der Waals surface area contributed by atoms with E-state index in [-0.39, 0.29) is 11.9 Å². The highest BCUT2D eigenvalue weighted by Crippen LogP contribution is 2.30. The lowest BCUT2D eigenvalue weighted by atomic mass is 9.98. The number of likely N-dealkylation sites (tertiary alicyclic amines) is 1. The van der Waals surface area contributed by atoms with Gasteiger partial charge in [0.15, 0.2) is 0 Å². The molecule has 0 spiro atoms. The molecule has 4 rings (SSSR count). The second-order valence-electron chi connectivity index (χ2n) is 7.03. The molecule has 1 fully saturated rings. The molecule has 1 atom stereocenters. The summed E-state index contributed by atoms with van der Waals surface area (Å²) in [7, 11) is 1.61. The zero-order valence-electron chi connectivity index (χ0n) is 16.3. The van der Waals surface area contributed by atoms with Crippen molar-refractivity contribution >= 4 is 34.9 Å². The molecule has 1 aliphatic rings. The maximum absolute atomic E-state index is 12.7. The van der Waals surface area contributed by atoms with Crippen LogP contribution in [0.4, 0.5) is 10.5 Å². The molecule has 0 radical (unpaired) electrons. The minimum Gasteiger partial charge on any atom is -0.497 e. The molecule has 1 N–H and O–H groups in total. The van der Waals surface area contributed by atoms with Crippen molar-refractivity contribution in [1.82, 2.24) is 15.0 Å². The molecule has 1 saturated heterocycles. The van der Waals surface area contributed by atoms with Crippen LogP contribution in [0.25, 0.3) is 11.4 Å². The first-order valence-corrected chi connectivity index (χ1v) is 10.3. The van der Waals surface area contributed by atoms with Crippen LogP contribution in [0.1, 0.15) is 24.7 Å². The van der Waals surface area contributed by atoms with Gasteiger partial charge in [0.05, 0.1) is 23.7 Å². The molecule has 2 amide bonds. The van der Waals surface area contributed by atoms with E-state index in [9.17, 15) is 4.79 Å². The molecule has 2 heterocycles. The number of methoxy groups -OCH3 is 1. The largest absolute Gasteiger partial charge is 0.497 e. The number of piperidine rings is 1. The highest BCUT2D eigenvalue weighted by molar-refractivity contribution is 6.36. The molecule has 1 unspecified atom stereocenters. The number of nitrogens with one attached hydrogen (secondary N) is 1. The Morgan fingerprint density at radius 1 is 1.27 bits per heavy atom. The van der Waals surface area contributed by atoms with Crippen molar-refractivity contribution in [2.24, 2.45) is 0 Å². The average molecular weight is 447 g/mol. The molecule has 9 heteroatoms. The molecule has 156 valence electrons. The number of halogens is 2. The molecule has 1 aromatic heterocycles. The predicted octanol–water partition coefficient (Wildman–Crippen LogP) is 5.46. The number of ether oxygens (including phenoxy) is 1. The summed E-state index contributed by atoms with van der Waals surface area (Å²) in [6, 6.07) is 12.2. The molecular weight excluding hydrogens is 427 g/mol. The monoisotopic (exact) mass is 446 g/mol. The average Bonchev–Trinajstić information content (AvgIpc) is 3.26. The number of carbonyl (C=O) groups excluding carboxylic acids is 1. The van der Waals surface area contributed by atoms with Gasteiger partial charge in [-0.15, -0.1) is 0 Å². The number of hydrogen-bond donors (Lipinski definition) is 1. The van der Waals surface area contributed by atoms with Gasteiger partial charge in [-0.1, -0.05) is 40.5 Å². The Hall–Kier alpha value is -2.77. The molecule has 2 aromatic carbocycles. The summed E-state index contributed by atoms with van der Waals surface area (Å²) in [5.74, 6) is 1.71. The molecule has 0 bridgehead atoms. The van der Waals surface area contributed by atoms with Gasteiger partial charge in [-0.3, -0.25) is 0 Å². The maximum Gasteiger partial charge on any atom is 0.321 e. The third-order valence-electron chi connectivity index (χ3n) is 5.00. The predicted molar refractivity (Wildman–Crippen MR) is 115 cm³/mol. The van der Waals surface area contributed by atoms with Crippen LogP contribution < -0.4 is 10.1 Å². The summed E-state index contributed by atoms with van der Waals surface area (Å²) in [4.78, 5) is 19.0. The van der Waals surface area contributed by atoms with Crippen molar-refractivity contribution in [3.8, 4) is 17.1 Å². The Kier molecular flexibility index (Phi) is 6.11. The fraction of sp³-hybridized carbons (Fsp3) is 0.286. The highest BCUT2D eigenvalue weighted by Gasteiger charge is 2.29. The van der Waals surface area contributed by atoms with Crippen molar-refractivity contribution < 1.29 is 14.1 Å². The topological polar surface area (TPSA) is 80.5 Å². The summed E-state index contributed by atoms with van der Waals surface area (Å²) in [5, 5.41) is 7.85. The second kappa shape index (κ2) is 8.93. The molecule has 0 aliphatic carbocycles. The van der Waals surface area contributed by atoms with E-state index >= 15 is 0 Å². The lowest BCUT2D eigenvalue weighted by Gasteiger charge is -2.31. The first-order chi connectivity index (χ1) is 14.5. The summed E-state index contributed by atoms with van der Waals surface area (Å²) in [6.07, 6.45) is 1.70. The Bertz CT molecular complexity index is 1060. The van der Waals surface area contributed by atoms with Crippen molar-refractivity contribution in [2.45, 2.75) is 18.8 Å². The zero-order chi connectivity index (χ0) is 21.1. The molecule has 0 saturated carbocycles. The van der Waals surface area contributed by atoms with E-state index < -0.39 is 0 Å².